The van der Waals surface area contributed by atoms with Crippen LogP contribution in [0.5, 0.6) is 5.75 Å². The molecule has 4 nitrogen and oxygen atoms in total. The molecule has 4 rings (SSSR count). The smallest absolute Gasteiger partial charge is 0.261 e. The van der Waals surface area contributed by atoms with E-state index in [-0.39, 0.29) is 18.2 Å². The Labute approximate surface area is 145 Å². The first-order valence-electron chi connectivity index (χ1n) is 8.22. The summed E-state index contributed by atoms with van der Waals surface area (Å²) in [5.41, 5.74) is 0.584. The Morgan fingerprint density at radius 1 is 1.24 bits per heavy atom. The summed E-state index contributed by atoms with van der Waals surface area (Å²) < 4.78 is 26.0. The highest BCUT2D eigenvalue weighted by Gasteiger charge is 2.51. The van der Waals surface area contributed by atoms with Crippen molar-refractivity contribution < 1.29 is 18.7 Å². The van der Waals surface area contributed by atoms with Gasteiger partial charge in [0.2, 0.25) is 0 Å². The van der Waals surface area contributed by atoms with Crippen LogP contribution in [0.2, 0.25) is 0 Å². The van der Waals surface area contributed by atoms with Gasteiger partial charge >= 0.3 is 0 Å². The summed E-state index contributed by atoms with van der Waals surface area (Å²) >= 11 is 0. The molecule has 2 aliphatic heterocycles. The molecule has 0 saturated carbocycles. The summed E-state index contributed by atoms with van der Waals surface area (Å²) in [4.78, 5) is 12.7. The molecule has 2 aromatic carbocycles. The summed E-state index contributed by atoms with van der Waals surface area (Å²) in [6.45, 7) is 2.23. The minimum Gasteiger partial charge on any atom is -0.491 e. The number of anilines is 1. The van der Waals surface area contributed by atoms with Crippen molar-refractivity contribution in [3.8, 4) is 5.75 Å². The molecule has 0 unspecified atom stereocenters. The maximum absolute atomic E-state index is 14.1. The second-order valence-electron chi connectivity index (χ2n) is 6.41. The predicted octanol–water partition coefficient (Wildman–Crippen LogP) is 3.79. The highest BCUT2D eigenvalue weighted by molar-refractivity contribution is 6.05. The van der Waals surface area contributed by atoms with E-state index in [0.717, 1.165) is 11.3 Å². The van der Waals surface area contributed by atoms with Gasteiger partial charge in [0.15, 0.2) is 5.60 Å². The number of ether oxygens (including phenoxy) is 2. The van der Waals surface area contributed by atoms with Gasteiger partial charge in [-0.2, -0.15) is 0 Å². The number of hydrogen-bond donors (Lipinski definition) is 1. The molecule has 2 heterocycles. The van der Waals surface area contributed by atoms with E-state index in [1.54, 1.807) is 12.1 Å². The van der Waals surface area contributed by atoms with E-state index < -0.39 is 17.5 Å². The van der Waals surface area contributed by atoms with Gasteiger partial charge < -0.3 is 14.8 Å². The third-order valence-electron chi connectivity index (χ3n) is 4.56. The Bertz CT molecular complexity index is 849. The van der Waals surface area contributed by atoms with Gasteiger partial charge in [-0.15, -0.1) is 0 Å². The second-order valence-corrected chi connectivity index (χ2v) is 6.41. The molecule has 2 aromatic rings. The van der Waals surface area contributed by atoms with Gasteiger partial charge in [-0.3, -0.25) is 4.79 Å². The molecule has 1 amide bonds. The fourth-order valence-electron chi connectivity index (χ4n) is 3.50. The number of benzene rings is 2. The predicted molar refractivity (Wildman–Crippen MR) is 91.9 cm³/mol. The largest absolute Gasteiger partial charge is 0.491 e. The molecule has 0 fully saturated rings. The Hall–Kier alpha value is -2.66. The lowest BCUT2D eigenvalue weighted by molar-refractivity contribution is -0.151. The summed E-state index contributed by atoms with van der Waals surface area (Å²) in [5, 5.41) is 2.63. The molecule has 128 valence electrons. The molecular weight excluding hydrogens is 321 g/mol. The van der Waals surface area contributed by atoms with Crippen molar-refractivity contribution in [2.75, 3.05) is 11.9 Å². The Balaban J connectivity index is 1.61. The first-order valence-corrected chi connectivity index (χ1v) is 8.22. The SMILES string of the molecule is CC1=C[C@H](COc2ccccc2)O[C@]2(C1)C(=O)Nc1c(F)cccc12. The van der Waals surface area contributed by atoms with Crippen LogP contribution in [-0.2, 0) is 15.1 Å². The van der Waals surface area contributed by atoms with Crippen molar-refractivity contribution in [1.82, 2.24) is 0 Å². The molecular formula is C20H18FNO3. The average molecular weight is 339 g/mol. The molecule has 0 radical (unpaired) electrons. The zero-order valence-corrected chi connectivity index (χ0v) is 13.8. The molecule has 2 aliphatic rings. The number of carbonyl (C=O) groups is 1. The number of rotatable bonds is 3. The van der Waals surface area contributed by atoms with Crippen molar-refractivity contribution in [2.24, 2.45) is 0 Å². The minimum absolute atomic E-state index is 0.213. The normalized spacial score (nSPS) is 24.6. The fourth-order valence-corrected chi connectivity index (χ4v) is 3.50. The summed E-state index contributed by atoms with van der Waals surface area (Å²) in [6, 6.07) is 14.1. The van der Waals surface area contributed by atoms with Crippen LogP contribution >= 0.6 is 0 Å². The van der Waals surface area contributed by atoms with Gasteiger partial charge in [-0.1, -0.05) is 42.0 Å². The van der Waals surface area contributed by atoms with Crippen LogP contribution < -0.4 is 10.1 Å². The summed E-state index contributed by atoms with van der Waals surface area (Å²) in [5.74, 6) is -0.0422. The Kier molecular flexibility index (Phi) is 3.81. The van der Waals surface area contributed by atoms with E-state index in [1.807, 2.05) is 43.3 Å². The number of fused-ring (bicyclic) bond motifs is 2. The quantitative estimate of drug-likeness (QED) is 0.866. The van der Waals surface area contributed by atoms with Gasteiger partial charge in [0.25, 0.3) is 5.91 Å². The van der Waals surface area contributed by atoms with E-state index in [0.29, 0.717) is 12.0 Å². The van der Waals surface area contributed by atoms with Crippen molar-refractivity contribution in [3.05, 3.63) is 71.6 Å². The highest BCUT2D eigenvalue weighted by atomic mass is 19.1. The van der Waals surface area contributed by atoms with Crippen molar-refractivity contribution >= 4 is 11.6 Å². The molecule has 1 N–H and O–H groups in total. The van der Waals surface area contributed by atoms with E-state index >= 15 is 0 Å². The lowest BCUT2D eigenvalue weighted by atomic mass is 9.85. The molecule has 5 heteroatoms. The second kappa shape index (κ2) is 6.01. The molecule has 2 atom stereocenters. The zero-order valence-electron chi connectivity index (χ0n) is 13.8. The van der Waals surface area contributed by atoms with Crippen LogP contribution in [-0.4, -0.2) is 18.6 Å². The number of amides is 1. The molecule has 0 aromatic heterocycles. The molecule has 0 saturated heterocycles. The fraction of sp³-hybridized carbons (Fsp3) is 0.250. The van der Waals surface area contributed by atoms with Crippen molar-refractivity contribution in [2.45, 2.75) is 25.0 Å². The van der Waals surface area contributed by atoms with Crippen molar-refractivity contribution in [1.29, 1.82) is 0 Å². The zero-order chi connectivity index (χ0) is 17.4. The first kappa shape index (κ1) is 15.8. The lowest BCUT2D eigenvalue weighted by Crippen LogP contribution is -2.44. The number of hydrogen-bond acceptors (Lipinski definition) is 3. The van der Waals surface area contributed by atoms with Gasteiger partial charge in [0, 0.05) is 12.0 Å². The lowest BCUT2D eigenvalue weighted by Gasteiger charge is -2.35. The molecule has 0 aliphatic carbocycles. The third-order valence-corrected chi connectivity index (χ3v) is 4.56. The Morgan fingerprint density at radius 2 is 2.04 bits per heavy atom. The van der Waals surface area contributed by atoms with Crippen LogP contribution in [0.4, 0.5) is 10.1 Å². The van der Waals surface area contributed by atoms with Gasteiger partial charge in [-0.25, -0.2) is 4.39 Å². The number of nitrogens with one attached hydrogen (secondary N) is 1. The van der Waals surface area contributed by atoms with Crippen LogP contribution in [0, 0.1) is 5.82 Å². The minimum atomic E-state index is -1.19. The van der Waals surface area contributed by atoms with Crippen LogP contribution in [0.3, 0.4) is 0 Å². The maximum atomic E-state index is 14.1. The summed E-state index contributed by atoms with van der Waals surface area (Å²) in [7, 11) is 0. The maximum Gasteiger partial charge on any atom is 0.261 e. The third kappa shape index (κ3) is 2.70. The summed E-state index contributed by atoms with van der Waals surface area (Å²) in [6.07, 6.45) is 1.96. The monoisotopic (exact) mass is 339 g/mol. The standard InChI is InChI=1S/C20H18FNO3/c1-13-10-15(12-24-14-6-3-2-4-7-14)25-20(11-13)16-8-5-9-17(21)18(16)22-19(20)23/h2-10,15H,11-12H2,1H3,(H,22,23)/t15-,20+/m1/s1. The van der Waals surface area contributed by atoms with E-state index in [4.69, 9.17) is 9.47 Å². The first-order chi connectivity index (χ1) is 12.1. The van der Waals surface area contributed by atoms with Crippen LogP contribution in [0.15, 0.2) is 60.2 Å². The molecule has 25 heavy (non-hydrogen) atoms. The van der Waals surface area contributed by atoms with E-state index in [1.165, 1.54) is 6.07 Å². The number of carbonyl (C=O) groups excluding carboxylic acids is 1. The van der Waals surface area contributed by atoms with E-state index in [2.05, 4.69) is 5.32 Å². The topological polar surface area (TPSA) is 47.6 Å². The Morgan fingerprint density at radius 3 is 2.84 bits per heavy atom. The molecule has 0 bridgehead atoms. The molecule has 1 spiro atoms. The van der Waals surface area contributed by atoms with Gasteiger partial charge in [-0.05, 0) is 25.1 Å². The van der Waals surface area contributed by atoms with Crippen LogP contribution in [0.25, 0.3) is 0 Å². The van der Waals surface area contributed by atoms with Crippen molar-refractivity contribution in [3.63, 3.8) is 0 Å². The van der Waals surface area contributed by atoms with Gasteiger partial charge in [0.1, 0.15) is 24.3 Å². The highest BCUT2D eigenvalue weighted by Crippen LogP contribution is 2.46. The van der Waals surface area contributed by atoms with E-state index in [9.17, 15) is 9.18 Å². The van der Waals surface area contributed by atoms with Crippen LogP contribution in [0.1, 0.15) is 18.9 Å². The number of halogens is 1. The average Bonchev–Trinajstić information content (AvgIpc) is 2.87. The van der Waals surface area contributed by atoms with Gasteiger partial charge in [0.05, 0.1) is 5.69 Å². The number of para-hydroxylation sites is 2.